The molecular weight excluding hydrogens is 408 g/mol. The summed E-state index contributed by atoms with van der Waals surface area (Å²) in [5, 5.41) is 2.90. The smallest absolute Gasteiger partial charge is 0.341 e. The van der Waals surface area contributed by atoms with Gasteiger partial charge >= 0.3 is 5.97 Å². The molecule has 2 aliphatic rings. The Morgan fingerprint density at radius 2 is 1.73 bits per heavy atom. The minimum absolute atomic E-state index is 0.00909. The molecule has 1 saturated carbocycles. The van der Waals surface area contributed by atoms with E-state index in [0.717, 1.165) is 37.0 Å². The third-order valence-electron chi connectivity index (χ3n) is 5.69. The zero-order valence-corrected chi connectivity index (χ0v) is 18.2. The first-order chi connectivity index (χ1) is 14.3. The Morgan fingerprint density at radius 3 is 2.27 bits per heavy atom. The molecule has 9 heteroatoms. The van der Waals surface area contributed by atoms with Gasteiger partial charge in [0.05, 0.1) is 28.9 Å². The Balaban J connectivity index is 1.70. The lowest BCUT2D eigenvalue weighted by molar-refractivity contribution is -0.140. The number of esters is 1. The fourth-order valence-electron chi connectivity index (χ4n) is 4.24. The first kappa shape index (κ1) is 22.1. The fraction of sp³-hybridized carbons (Fsp3) is 0.571. The number of anilines is 1. The molecule has 1 aliphatic carbocycles. The number of carbonyl (C=O) groups excluding carboxylic acids is 5. The average molecular weight is 435 g/mol. The lowest BCUT2D eigenvalue weighted by Gasteiger charge is -2.19. The quantitative estimate of drug-likeness (QED) is 0.401. The third kappa shape index (κ3) is 4.16. The van der Waals surface area contributed by atoms with Crippen molar-refractivity contribution in [3.8, 4) is 0 Å². The summed E-state index contributed by atoms with van der Waals surface area (Å²) in [6.07, 6.45) is 3.26. The van der Waals surface area contributed by atoms with Crippen LogP contribution in [0.2, 0.25) is 0 Å². The molecule has 2 heterocycles. The van der Waals surface area contributed by atoms with Crippen LogP contribution >= 0.6 is 11.3 Å². The van der Waals surface area contributed by atoms with E-state index >= 15 is 0 Å². The number of Topliss-reactive ketones (excluding diaryl/α,β-unsaturated/α-hetero) is 1. The van der Waals surface area contributed by atoms with E-state index in [0.29, 0.717) is 10.4 Å². The van der Waals surface area contributed by atoms with Gasteiger partial charge in [0.15, 0.2) is 5.78 Å². The average Bonchev–Trinajstić information content (AvgIpc) is 3.15. The summed E-state index contributed by atoms with van der Waals surface area (Å²) in [6.45, 7) is 4.88. The number of carbonyl (C=O) groups is 5. The molecule has 162 valence electrons. The van der Waals surface area contributed by atoms with Gasteiger partial charge in [0.1, 0.15) is 5.00 Å². The van der Waals surface area contributed by atoms with Crippen molar-refractivity contribution >= 4 is 45.8 Å². The van der Waals surface area contributed by atoms with Crippen LogP contribution < -0.4 is 5.32 Å². The van der Waals surface area contributed by atoms with Crippen LogP contribution in [0.1, 0.15) is 71.5 Å². The van der Waals surface area contributed by atoms with Crippen LogP contribution in [-0.4, -0.2) is 47.5 Å². The van der Waals surface area contributed by atoms with Crippen molar-refractivity contribution in [3.05, 3.63) is 16.0 Å². The van der Waals surface area contributed by atoms with Crippen LogP contribution in [0.3, 0.4) is 0 Å². The molecule has 0 spiro atoms. The summed E-state index contributed by atoms with van der Waals surface area (Å²) in [6, 6.07) is 0. The Labute approximate surface area is 178 Å². The molecule has 2 atom stereocenters. The molecule has 2 fully saturated rings. The normalized spacial score (nSPS) is 20.8. The Kier molecular flexibility index (Phi) is 6.70. The highest BCUT2D eigenvalue weighted by Crippen LogP contribution is 2.38. The number of ether oxygens (including phenoxy) is 1. The fourth-order valence-corrected chi connectivity index (χ4v) is 5.35. The maximum atomic E-state index is 12.5. The number of likely N-dealkylation sites (tertiary alicyclic amines) is 1. The maximum Gasteiger partial charge on any atom is 0.341 e. The van der Waals surface area contributed by atoms with Gasteiger partial charge in [-0.15, -0.1) is 11.3 Å². The molecule has 3 amide bonds. The summed E-state index contributed by atoms with van der Waals surface area (Å²) >= 11 is 1.02. The molecule has 0 radical (unpaired) electrons. The van der Waals surface area contributed by atoms with Gasteiger partial charge in [0.2, 0.25) is 17.7 Å². The van der Waals surface area contributed by atoms with Crippen molar-refractivity contribution in [2.75, 3.05) is 18.5 Å². The molecule has 0 bridgehead atoms. The standard InChI is InChI=1S/C21H26N2O6S/c1-4-29-21(28)16-11(2)17(12(3)24)30-18(16)22-15(25)9-10-23-19(26)13-7-5-6-8-14(13)20(23)27/h13-14H,4-10H2,1-3H3,(H,22,25)/t13-,14+. The lowest BCUT2D eigenvalue weighted by Crippen LogP contribution is -2.34. The molecule has 0 aromatic carbocycles. The van der Waals surface area contributed by atoms with Crippen molar-refractivity contribution in [2.24, 2.45) is 11.8 Å². The molecule has 8 nitrogen and oxygen atoms in total. The van der Waals surface area contributed by atoms with Crippen molar-refractivity contribution in [2.45, 2.75) is 52.9 Å². The monoisotopic (exact) mass is 434 g/mol. The summed E-state index contributed by atoms with van der Waals surface area (Å²) < 4.78 is 5.06. The van der Waals surface area contributed by atoms with Gasteiger partial charge in [-0.25, -0.2) is 4.79 Å². The van der Waals surface area contributed by atoms with Crippen LogP contribution in [0.15, 0.2) is 0 Å². The van der Waals surface area contributed by atoms with Gasteiger partial charge in [-0.3, -0.25) is 24.1 Å². The van der Waals surface area contributed by atoms with Gasteiger partial charge in [0, 0.05) is 13.0 Å². The molecule has 0 unspecified atom stereocenters. The van der Waals surface area contributed by atoms with E-state index < -0.39 is 11.9 Å². The second-order valence-electron chi connectivity index (χ2n) is 7.66. The molecular formula is C21H26N2O6S. The zero-order valence-electron chi connectivity index (χ0n) is 17.4. The number of hydrogen-bond acceptors (Lipinski definition) is 7. The van der Waals surface area contributed by atoms with Crippen molar-refractivity contribution < 1.29 is 28.7 Å². The van der Waals surface area contributed by atoms with E-state index in [-0.39, 0.29) is 59.6 Å². The van der Waals surface area contributed by atoms with Crippen LogP contribution in [0.5, 0.6) is 0 Å². The molecule has 1 aromatic rings. The number of nitrogens with one attached hydrogen (secondary N) is 1. The van der Waals surface area contributed by atoms with E-state index in [4.69, 9.17) is 4.74 Å². The van der Waals surface area contributed by atoms with Crippen LogP contribution in [0.25, 0.3) is 0 Å². The highest BCUT2D eigenvalue weighted by Gasteiger charge is 2.47. The number of rotatable bonds is 7. The molecule has 1 aromatic heterocycles. The lowest BCUT2D eigenvalue weighted by atomic mass is 9.81. The Hall–Kier alpha value is -2.55. The number of fused-ring (bicyclic) bond motifs is 1. The van der Waals surface area contributed by atoms with E-state index in [1.165, 1.54) is 11.8 Å². The predicted molar refractivity (Wildman–Crippen MR) is 110 cm³/mol. The number of nitrogens with zero attached hydrogens (tertiary/aromatic N) is 1. The zero-order chi connectivity index (χ0) is 22.0. The first-order valence-electron chi connectivity index (χ1n) is 10.2. The van der Waals surface area contributed by atoms with E-state index in [1.807, 2.05) is 0 Å². The summed E-state index contributed by atoms with van der Waals surface area (Å²) in [7, 11) is 0. The molecule has 1 N–H and O–H groups in total. The Morgan fingerprint density at radius 1 is 1.13 bits per heavy atom. The number of thiophene rings is 1. The minimum Gasteiger partial charge on any atom is -0.462 e. The third-order valence-corrected chi connectivity index (χ3v) is 7.00. The second-order valence-corrected chi connectivity index (χ2v) is 8.68. The molecule has 1 aliphatic heterocycles. The van der Waals surface area contributed by atoms with Crippen molar-refractivity contribution in [1.82, 2.24) is 4.90 Å². The van der Waals surface area contributed by atoms with Crippen molar-refractivity contribution in [3.63, 3.8) is 0 Å². The SMILES string of the molecule is CCOC(=O)c1c(NC(=O)CCN2C(=O)[C@H]3CCCC[C@H]3C2=O)sc(C(C)=O)c1C. The largest absolute Gasteiger partial charge is 0.462 e. The highest BCUT2D eigenvalue weighted by molar-refractivity contribution is 7.18. The number of ketones is 1. The molecule has 1 saturated heterocycles. The van der Waals surface area contributed by atoms with Gasteiger partial charge in [-0.2, -0.15) is 0 Å². The number of imide groups is 1. The topological polar surface area (TPSA) is 110 Å². The van der Waals surface area contributed by atoms with E-state index in [2.05, 4.69) is 5.32 Å². The summed E-state index contributed by atoms with van der Waals surface area (Å²) in [5.74, 6) is -2.12. The van der Waals surface area contributed by atoms with Crippen molar-refractivity contribution in [1.29, 1.82) is 0 Å². The van der Waals surface area contributed by atoms with Gasteiger partial charge < -0.3 is 10.1 Å². The first-order valence-corrected chi connectivity index (χ1v) is 11.0. The molecule has 3 rings (SSSR count). The van der Waals surface area contributed by atoms with Crippen LogP contribution in [-0.2, 0) is 19.1 Å². The Bertz CT molecular complexity index is 882. The maximum absolute atomic E-state index is 12.5. The summed E-state index contributed by atoms with van der Waals surface area (Å²) in [4.78, 5) is 63.4. The van der Waals surface area contributed by atoms with E-state index in [9.17, 15) is 24.0 Å². The van der Waals surface area contributed by atoms with Gasteiger partial charge in [-0.05, 0) is 39.2 Å². The van der Waals surface area contributed by atoms with Gasteiger partial charge in [0.25, 0.3) is 0 Å². The predicted octanol–water partition coefficient (Wildman–Crippen LogP) is 2.94. The number of hydrogen-bond donors (Lipinski definition) is 1. The van der Waals surface area contributed by atoms with Gasteiger partial charge in [-0.1, -0.05) is 12.8 Å². The van der Waals surface area contributed by atoms with Crippen LogP contribution in [0.4, 0.5) is 5.00 Å². The number of amides is 3. The van der Waals surface area contributed by atoms with Crippen LogP contribution in [0, 0.1) is 18.8 Å². The second kappa shape index (κ2) is 9.07. The molecule has 30 heavy (non-hydrogen) atoms. The minimum atomic E-state index is -0.608. The summed E-state index contributed by atoms with van der Waals surface area (Å²) in [5.41, 5.74) is 0.634. The highest BCUT2D eigenvalue weighted by atomic mass is 32.1. The van der Waals surface area contributed by atoms with E-state index in [1.54, 1.807) is 13.8 Å².